The Kier molecular flexibility index (Phi) is 8.86. The Morgan fingerprint density at radius 3 is 2.33 bits per heavy atom. The minimum Gasteiger partial charge on any atom is -0.508 e. The Labute approximate surface area is 237 Å². The molecular weight excluding hydrogens is 561 g/mol. The SMILES string of the molecule is O=Cn1c(C(O)NC(CC(=O)c2c(Cl)cc(C(=O)NCc3cccc(O)c3)cc2Cl)C(=O)O)cc2ccccc21. The maximum absolute atomic E-state index is 13.1. The number of carbonyl (C=O) groups is 4. The van der Waals surface area contributed by atoms with Crippen LogP contribution in [-0.2, 0) is 16.1 Å². The lowest BCUT2D eigenvalue weighted by Crippen LogP contribution is -2.41. The zero-order valence-corrected chi connectivity index (χ0v) is 22.2. The van der Waals surface area contributed by atoms with Crippen molar-refractivity contribution in [3.8, 4) is 5.75 Å². The molecule has 2 unspecified atom stereocenters. The number of Topliss-reactive ketones (excluding diaryl/α,β-unsaturated/α-hetero) is 1. The quantitative estimate of drug-likeness (QED) is 0.101. The van der Waals surface area contributed by atoms with E-state index in [0.717, 1.165) is 0 Å². The summed E-state index contributed by atoms with van der Waals surface area (Å²) in [5, 5.41) is 35.4. The number of fused-ring (bicyclic) bond motifs is 1. The summed E-state index contributed by atoms with van der Waals surface area (Å²) in [5.74, 6) is -2.67. The number of carboxylic acids is 1. The van der Waals surface area contributed by atoms with E-state index in [4.69, 9.17) is 23.2 Å². The highest BCUT2D eigenvalue weighted by Gasteiger charge is 2.29. The van der Waals surface area contributed by atoms with E-state index in [0.29, 0.717) is 22.9 Å². The molecule has 5 N–H and O–H groups in total. The normalized spacial score (nSPS) is 12.6. The molecule has 1 aromatic heterocycles. The fourth-order valence-corrected chi connectivity index (χ4v) is 4.93. The van der Waals surface area contributed by atoms with Gasteiger partial charge < -0.3 is 20.6 Å². The molecule has 4 rings (SSSR count). The van der Waals surface area contributed by atoms with Crippen molar-refractivity contribution in [3.63, 3.8) is 0 Å². The molecule has 206 valence electrons. The smallest absolute Gasteiger partial charge is 0.321 e. The van der Waals surface area contributed by atoms with Crippen molar-refractivity contribution in [1.82, 2.24) is 15.2 Å². The summed E-state index contributed by atoms with van der Waals surface area (Å²) in [4.78, 5) is 49.3. The monoisotopic (exact) mass is 583 g/mol. The third-order valence-corrected chi connectivity index (χ3v) is 6.75. The summed E-state index contributed by atoms with van der Waals surface area (Å²) in [7, 11) is 0. The first-order valence-electron chi connectivity index (χ1n) is 11.9. The summed E-state index contributed by atoms with van der Waals surface area (Å²) in [6.07, 6.45) is -1.75. The topological polar surface area (TPSA) is 158 Å². The van der Waals surface area contributed by atoms with Crippen molar-refractivity contribution in [2.24, 2.45) is 0 Å². The number of para-hydroxylation sites is 1. The van der Waals surface area contributed by atoms with Gasteiger partial charge in [0.2, 0.25) is 6.41 Å². The Hall–Kier alpha value is -4.22. The number of amides is 1. The van der Waals surface area contributed by atoms with E-state index >= 15 is 0 Å². The van der Waals surface area contributed by atoms with E-state index in [1.165, 1.54) is 34.9 Å². The fourth-order valence-electron chi connectivity index (χ4n) is 4.23. The summed E-state index contributed by atoms with van der Waals surface area (Å²) in [6.45, 7) is 0.112. The number of hydrogen-bond donors (Lipinski definition) is 5. The van der Waals surface area contributed by atoms with Crippen LogP contribution in [0.3, 0.4) is 0 Å². The Morgan fingerprint density at radius 2 is 1.68 bits per heavy atom. The number of phenols is 1. The molecule has 1 amide bonds. The number of carbonyl (C=O) groups excluding carboxylic acids is 3. The zero-order valence-electron chi connectivity index (χ0n) is 20.7. The maximum atomic E-state index is 13.1. The molecule has 0 radical (unpaired) electrons. The van der Waals surface area contributed by atoms with Gasteiger partial charge >= 0.3 is 5.97 Å². The molecular formula is C28H23Cl2N3O7. The standard InChI is InChI=1S/C28H23Cl2N3O7/c29-19-9-17(26(37)31-13-15-4-3-6-18(35)8-15)10-20(30)25(19)24(36)12-21(28(39)40)32-27(38)23-11-16-5-1-2-7-22(16)33(23)14-34/h1-11,14,21,27,32,35,38H,12-13H2,(H,31,37)(H,39,40). The van der Waals surface area contributed by atoms with Gasteiger partial charge in [-0.1, -0.05) is 53.5 Å². The Morgan fingerprint density at radius 1 is 0.975 bits per heavy atom. The molecule has 3 aromatic carbocycles. The number of aliphatic hydroxyl groups excluding tert-OH is 1. The van der Waals surface area contributed by atoms with Gasteiger partial charge in [0, 0.05) is 23.9 Å². The maximum Gasteiger partial charge on any atom is 0.321 e. The second kappa shape index (κ2) is 12.3. The molecule has 0 aliphatic carbocycles. The van der Waals surface area contributed by atoms with Crippen molar-refractivity contribution in [1.29, 1.82) is 0 Å². The molecule has 12 heteroatoms. The summed E-state index contributed by atoms with van der Waals surface area (Å²) < 4.78 is 1.17. The first-order chi connectivity index (χ1) is 19.1. The highest BCUT2D eigenvalue weighted by molar-refractivity contribution is 6.40. The minimum atomic E-state index is -1.60. The summed E-state index contributed by atoms with van der Waals surface area (Å²) >= 11 is 12.6. The molecule has 0 aliphatic heterocycles. The zero-order chi connectivity index (χ0) is 29.0. The third-order valence-electron chi connectivity index (χ3n) is 6.16. The minimum absolute atomic E-state index is 0.0495. The van der Waals surface area contributed by atoms with Crippen molar-refractivity contribution in [2.75, 3.05) is 0 Å². The molecule has 0 spiro atoms. The van der Waals surface area contributed by atoms with E-state index in [9.17, 15) is 34.5 Å². The van der Waals surface area contributed by atoms with Crippen molar-refractivity contribution >= 4 is 58.2 Å². The Bertz CT molecular complexity index is 1600. The van der Waals surface area contributed by atoms with Gasteiger partial charge in [-0.15, -0.1) is 0 Å². The van der Waals surface area contributed by atoms with Gasteiger partial charge in [-0.3, -0.25) is 29.1 Å². The van der Waals surface area contributed by atoms with Crippen LogP contribution in [0, 0.1) is 0 Å². The van der Waals surface area contributed by atoms with E-state index in [1.54, 1.807) is 36.4 Å². The Balaban J connectivity index is 1.48. The van der Waals surface area contributed by atoms with Gasteiger partial charge in [0.1, 0.15) is 18.0 Å². The van der Waals surface area contributed by atoms with Crippen LogP contribution in [0.2, 0.25) is 10.0 Å². The third kappa shape index (κ3) is 6.32. The predicted octanol–water partition coefficient (Wildman–Crippen LogP) is 3.93. The van der Waals surface area contributed by atoms with Crippen LogP contribution in [0.5, 0.6) is 5.75 Å². The second-order valence-corrected chi connectivity index (χ2v) is 9.67. The number of aliphatic hydroxyl groups is 1. The number of benzene rings is 3. The van der Waals surface area contributed by atoms with E-state index in [-0.39, 0.29) is 39.2 Å². The lowest BCUT2D eigenvalue weighted by Gasteiger charge is -2.20. The number of rotatable bonds is 11. The highest BCUT2D eigenvalue weighted by Crippen LogP contribution is 2.29. The van der Waals surface area contributed by atoms with E-state index in [2.05, 4.69) is 10.6 Å². The molecule has 1 heterocycles. The van der Waals surface area contributed by atoms with Gasteiger partial charge in [0.15, 0.2) is 5.78 Å². The van der Waals surface area contributed by atoms with Crippen LogP contribution in [-0.4, -0.2) is 50.0 Å². The number of nitrogens with zero attached hydrogens (tertiary/aromatic N) is 1. The molecule has 0 fully saturated rings. The second-order valence-electron chi connectivity index (χ2n) is 8.86. The summed E-state index contributed by atoms with van der Waals surface area (Å²) in [6, 6.07) is 15.6. The molecule has 0 saturated carbocycles. The first kappa shape index (κ1) is 28.8. The molecule has 4 aromatic rings. The van der Waals surface area contributed by atoms with Crippen LogP contribution in [0.4, 0.5) is 0 Å². The molecule has 10 nitrogen and oxygen atoms in total. The van der Waals surface area contributed by atoms with Crippen LogP contribution < -0.4 is 10.6 Å². The van der Waals surface area contributed by atoms with Crippen LogP contribution in [0.25, 0.3) is 10.9 Å². The van der Waals surface area contributed by atoms with Crippen LogP contribution in [0.15, 0.2) is 66.7 Å². The fraction of sp³-hybridized carbons (Fsp3) is 0.143. The number of aliphatic carboxylic acids is 1. The van der Waals surface area contributed by atoms with Gasteiger partial charge in [-0.2, -0.15) is 0 Å². The van der Waals surface area contributed by atoms with Crippen molar-refractivity contribution < 1.29 is 34.5 Å². The number of ketones is 1. The lowest BCUT2D eigenvalue weighted by atomic mass is 10.0. The van der Waals surface area contributed by atoms with Crippen LogP contribution >= 0.6 is 23.2 Å². The molecule has 0 saturated heterocycles. The molecule has 0 aliphatic rings. The number of phenolic OH excluding ortho intramolecular Hbond substituents is 1. The average Bonchev–Trinajstić information content (AvgIpc) is 3.29. The summed E-state index contributed by atoms with van der Waals surface area (Å²) in [5.41, 5.74) is 1.14. The van der Waals surface area contributed by atoms with Crippen molar-refractivity contribution in [3.05, 3.63) is 99.2 Å². The average molecular weight is 584 g/mol. The first-order valence-corrected chi connectivity index (χ1v) is 12.6. The molecule has 2 atom stereocenters. The number of hydrogen-bond acceptors (Lipinski definition) is 7. The number of halogens is 2. The van der Waals surface area contributed by atoms with E-state index < -0.39 is 36.4 Å². The largest absolute Gasteiger partial charge is 0.508 e. The van der Waals surface area contributed by atoms with Crippen molar-refractivity contribution in [2.45, 2.75) is 25.2 Å². The van der Waals surface area contributed by atoms with E-state index in [1.807, 2.05) is 0 Å². The molecule has 40 heavy (non-hydrogen) atoms. The highest BCUT2D eigenvalue weighted by atomic mass is 35.5. The number of nitrogens with one attached hydrogen (secondary N) is 2. The number of carboxylic acid groups (broad SMARTS) is 1. The number of aromatic nitrogens is 1. The van der Waals surface area contributed by atoms with Gasteiger partial charge in [0.25, 0.3) is 5.91 Å². The van der Waals surface area contributed by atoms with Gasteiger partial charge in [-0.25, -0.2) is 0 Å². The van der Waals surface area contributed by atoms with Crippen LogP contribution in [0.1, 0.15) is 44.6 Å². The number of aromatic hydroxyl groups is 1. The molecule has 0 bridgehead atoms. The van der Waals surface area contributed by atoms with Gasteiger partial charge in [0.05, 0.1) is 26.8 Å². The van der Waals surface area contributed by atoms with Gasteiger partial charge in [-0.05, 0) is 42.0 Å². The predicted molar refractivity (Wildman–Crippen MR) is 148 cm³/mol. The lowest BCUT2D eigenvalue weighted by molar-refractivity contribution is -0.140.